The van der Waals surface area contributed by atoms with Gasteiger partial charge in [0.15, 0.2) is 0 Å². The summed E-state index contributed by atoms with van der Waals surface area (Å²) >= 11 is 1.90. The van der Waals surface area contributed by atoms with Crippen LogP contribution in [0.15, 0.2) is 18.2 Å². The van der Waals surface area contributed by atoms with Crippen LogP contribution in [0, 0.1) is 6.92 Å². The topological polar surface area (TPSA) is 50.4 Å². The highest BCUT2D eigenvalue weighted by atomic mass is 32.2. The molecule has 1 unspecified atom stereocenters. The molecule has 4 nitrogen and oxygen atoms in total. The van der Waals surface area contributed by atoms with Crippen molar-refractivity contribution in [3.8, 4) is 5.75 Å². The number of amides is 1. The molecule has 1 heterocycles. The number of carbonyl (C=O) groups is 1. The van der Waals surface area contributed by atoms with Gasteiger partial charge in [0.05, 0.1) is 6.61 Å². The van der Waals surface area contributed by atoms with Gasteiger partial charge in [0, 0.05) is 36.2 Å². The molecule has 0 spiro atoms. The Balaban J connectivity index is 1.90. The van der Waals surface area contributed by atoms with Gasteiger partial charge in [-0.2, -0.15) is 11.8 Å². The highest BCUT2D eigenvalue weighted by Gasteiger charge is 2.17. The van der Waals surface area contributed by atoms with Gasteiger partial charge in [-0.15, -0.1) is 0 Å². The molecule has 0 bridgehead atoms. The number of hydrogen-bond acceptors (Lipinski definition) is 4. The molecule has 0 aromatic heterocycles. The molecule has 20 heavy (non-hydrogen) atoms. The summed E-state index contributed by atoms with van der Waals surface area (Å²) in [6, 6.07) is 6.03. The van der Waals surface area contributed by atoms with Gasteiger partial charge in [-0.1, -0.05) is 0 Å². The Hall–Kier alpha value is -1.20. The van der Waals surface area contributed by atoms with Gasteiger partial charge in [0.1, 0.15) is 5.75 Å². The Labute approximate surface area is 124 Å². The molecule has 0 aliphatic carbocycles. The smallest absolute Gasteiger partial charge is 0.225 e. The molecule has 110 valence electrons. The predicted molar refractivity (Wildman–Crippen MR) is 84.7 cm³/mol. The Morgan fingerprint density at radius 3 is 3.05 bits per heavy atom. The fourth-order valence-corrected chi connectivity index (χ4v) is 3.16. The average Bonchev–Trinajstić information content (AvgIpc) is 2.43. The minimum Gasteiger partial charge on any atom is -0.494 e. The minimum absolute atomic E-state index is 0.0669. The Bertz CT molecular complexity index is 459. The van der Waals surface area contributed by atoms with Crippen LogP contribution in [-0.4, -0.2) is 36.6 Å². The largest absolute Gasteiger partial charge is 0.494 e. The molecule has 0 saturated carbocycles. The van der Waals surface area contributed by atoms with Crippen molar-refractivity contribution in [3.05, 3.63) is 23.8 Å². The van der Waals surface area contributed by atoms with Crippen molar-refractivity contribution in [1.29, 1.82) is 0 Å². The SMILES string of the molecule is CCOc1ccc(NC(=O)CC2CSCCN2)c(C)c1. The van der Waals surface area contributed by atoms with Crippen LogP contribution in [0.2, 0.25) is 0 Å². The van der Waals surface area contributed by atoms with E-state index in [0.29, 0.717) is 13.0 Å². The highest BCUT2D eigenvalue weighted by molar-refractivity contribution is 7.99. The third kappa shape index (κ3) is 4.42. The quantitative estimate of drug-likeness (QED) is 0.876. The molecule has 0 radical (unpaired) electrons. The van der Waals surface area contributed by atoms with Gasteiger partial charge in [0.2, 0.25) is 5.91 Å². The van der Waals surface area contributed by atoms with Gasteiger partial charge in [-0.25, -0.2) is 0 Å². The second-order valence-corrected chi connectivity index (χ2v) is 6.04. The lowest BCUT2D eigenvalue weighted by Crippen LogP contribution is -2.39. The second kappa shape index (κ2) is 7.55. The predicted octanol–water partition coefficient (Wildman–Crippen LogP) is 2.43. The van der Waals surface area contributed by atoms with Gasteiger partial charge in [-0.3, -0.25) is 4.79 Å². The van der Waals surface area contributed by atoms with Crippen LogP contribution in [0.3, 0.4) is 0 Å². The number of benzene rings is 1. The fraction of sp³-hybridized carbons (Fsp3) is 0.533. The fourth-order valence-electron chi connectivity index (χ4n) is 2.21. The molecule has 1 aliphatic heterocycles. The maximum atomic E-state index is 12.1. The molecule has 1 amide bonds. The van der Waals surface area contributed by atoms with Crippen molar-refractivity contribution in [2.75, 3.05) is 30.0 Å². The maximum absolute atomic E-state index is 12.1. The van der Waals surface area contributed by atoms with Gasteiger partial charge in [0.25, 0.3) is 0 Å². The van der Waals surface area contributed by atoms with E-state index in [1.54, 1.807) is 0 Å². The molecule has 1 saturated heterocycles. The first kappa shape index (κ1) is 15.2. The number of carbonyl (C=O) groups excluding carboxylic acids is 1. The van der Waals surface area contributed by atoms with E-state index in [9.17, 15) is 4.79 Å². The third-order valence-corrected chi connectivity index (χ3v) is 4.34. The maximum Gasteiger partial charge on any atom is 0.225 e. The van der Waals surface area contributed by atoms with E-state index in [1.165, 1.54) is 0 Å². The van der Waals surface area contributed by atoms with Crippen molar-refractivity contribution in [3.63, 3.8) is 0 Å². The highest BCUT2D eigenvalue weighted by Crippen LogP contribution is 2.22. The number of anilines is 1. The standard InChI is InChI=1S/C15H22N2O2S/c1-3-19-13-4-5-14(11(2)8-13)17-15(18)9-12-10-20-7-6-16-12/h4-5,8,12,16H,3,6-7,9-10H2,1-2H3,(H,17,18). The summed E-state index contributed by atoms with van der Waals surface area (Å²) in [6.07, 6.45) is 0.527. The summed E-state index contributed by atoms with van der Waals surface area (Å²) in [5.74, 6) is 3.05. The Morgan fingerprint density at radius 1 is 1.55 bits per heavy atom. The molecular weight excluding hydrogens is 272 g/mol. The van der Waals surface area contributed by atoms with Gasteiger partial charge >= 0.3 is 0 Å². The summed E-state index contributed by atoms with van der Waals surface area (Å²) in [5.41, 5.74) is 1.89. The monoisotopic (exact) mass is 294 g/mol. The molecule has 1 aromatic carbocycles. The first-order valence-corrected chi connectivity index (χ1v) is 8.19. The van der Waals surface area contributed by atoms with Crippen molar-refractivity contribution in [2.45, 2.75) is 26.3 Å². The van der Waals surface area contributed by atoms with Crippen molar-refractivity contribution in [1.82, 2.24) is 5.32 Å². The zero-order valence-corrected chi connectivity index (χ0v) is 12.9. The molecule has 2 N–H and O–H groups in total. The summed E-state index contributed by atoms with van der Waals surface area (Å²) in [7, 11) is 0. The molecular formula is C15H22N2O2S. The molecule has 1 fully saturated rings. The Kier molecular flexibility index (Phi) is 5.73. The molecule has 2 rings (SSSR count). The molecule has 1 aromatic rings. The van der Waals surface area contributed by atoms with Crippen LogP contribution in [0.5, 0.6) is 5.75 Å². The summed E-state index contributed by atoms with van der Waals surface area (Å²) in [4.78, 5) is 12.1. The first-order chi connectivity index (χ1) is 9.69. The van der Waals surface area contributed by atoms with Crippen LogP contribution < -0.4 is 15.4 Å². The zero-order valence-electron chi connectivity index (χ0n) is 12.1. The number of thioether (sulfide) groups is 1. The van der Waals surface area contributed by atoms with Crippen LogP contribution >= 0.6 is 11.8 Å². The summed E-state index contributed by atoms with van der Waals surface area (Å²) in [5, 5.41) is 6.36. The Morgan fingerprint density at radius 2 is 2.40 bits per heavy atom. The van der Waals surface area contributed by atoms with Crippen LogP contribution in [0.25, 0.3) is 0 Å². The van der Waals surface area contributed by atoms with Crippen LogP contribution in [0.1, 0.15) is 18.9 Å². The van der Waals surface area contributed by atoms with E-state index in [0.717, 1.165) is 35.1 Å². The molecule has 1 atom stereocenters. The molecule has 5 heteroatoms. The summed E-state index contributed by atoms with van der Waals surface area (Å²) < 4.78 is 5.44. The van der Waals surface area contributed by atoms with E-state index < -0.39 is 0 Å². The van der Waals surface area contributed by atoms with E-state index in [-0.39, 0.29) is 11.9 Å². The van der Waals surface area contributed by atoms with E-state index in [4.69, 9.17) is 4.74 Å². The lowest BCUT2D eigenvalue weighted by Gasteiger charge is -2.22. The van der Waals surface area contributed by atoms with E-state index in [1.807, 2.05) is 43.8 Å². The number of aryl methyl sites for hydroxylation is 1. The van der Waals surface area contributed by atoms with Crippen molar-refractivity contribution in [2.24, 2.45) is 0 Å². The van der Waals surface area contributed by atoms with Crippen LogP contribution in [0.4, 0.5) is 5.69 Å². The van der Waals surface area contributed by atoms with Crippen molar-refractivity contribution < 1.29 is 9.53 Å². The van der Waals surface area contributed by atoms with Gasteiger partial charge < -0.3 is 15.4 Å². The summed E-state index contributed by atoms with van der Waals surface area (Å²) in [6.45, 7) is 5.58. The number of ether oxygens (including phenoxy) is 1. The normalized spacial score (nSPS) is 18.6. The third-order valence-electron chi connectivity index (χ3n) is 3.21. The van der Waals surface area contributed by atoms with E-state index in [2.05, 4.69) is 10.6 Å². The van der Waals surface area contributed by atoms with Crippen LogP contribution in [-0.2, 0) is 4.79 Å². The van der Waals surface area contributed by atoms with Crippen molar-refractivity contribution >= 4 is 23.4 Å². The first-order valence-electron chi connectivity index (χ1n) is 7.03. The number of nitrogens with one attached hydrogen (secondary N) is 2. The van der Waals surface area contributed by atoms with Gasteiger partial charge in [-0.05, 0) is 37.6 Å². The average molecular weight is 294 g/mol. The number of hydrogen-bond donors (Lipinski definition) is 2. The zero-order chi connectivity index (χ0) is 14.4. The lowest BCUT2D eigenvalue weighted by atomic mass is 10.1. The van der Waals surface area contributed by atoms with E-state index >= 15 is 0 Å². The lowest BCUT2D eigenvalue weighted by molar-refractivity contribution is -0.116. The number of rotatable bonds is 5. The second-order valence-electron chi connectivity index (χ2n) is 4.89. The minimum atomic E-state index is 0.0669. The molecule has 1 aliphatic rings.